The molecule has 1 heterocycles. The van der Waals surface area contributed by atoms with Crippen molar-refractivity contribution in [3.8, 4) is 0 Å². The predicted octanol–water partition coefficient (Wildman–Crippen LogP) is 2.28. The molecule has 0 aromatic heterocycles. The lowest BCUT2D eigenvalue weighted by atomic mass is 10.0. The van der Waals surface area contributed by atoms with E-state index in [0.29, 0.717) is 6.04 Å². The van der Waals surface area contributed by atoms with Crippen molar-refractivity contribution < 1.29 is 0 Å². The Balaban J connectivity index is 1.79. The molecule has 1 aliphatic rings. The number of guanidine groups is 1. The molecule has 2 N–H and O–H groups in total. The number of benzene rings is 2. The molecule has 3 nitrogen and oxygen atoms in total. The molecule has 18 heavy (non-hydrogen) atoms. The molecule has 2 aromatic carbocycles. The molecule has 92 valence electrons. The fraction of sp³-hybridized carbons (Fsp3) is 0.267. The van der Waals surface area contributed by atoms with Crippen LogP contribution in [-0.4, -0.2) is 18.5 Å². The maximum atomic E-state index is 4.41. The van der Waals surface area contributed by atoms with E-state index in [1.165, 1.54) is 16.3 Å². The minimum Gasteiger partial charge on any atom is -0.352 e. The van der Waals surface area contributed by atoms with Gasteiger partial charge in [0.15, 0.2) is 5.96 Å². The van der Waals surface area contributed by atoms with Crippen LogP contribution in [0.4, 0.5) is 0 Å². The number of aliphatic imine (C=N–C) groups is 1. The molecule has 0 spiro atoms. The van der Waals surface area contributed by atoms with Gasteiger partial charge >= 0.3 is 0 Å². The standard InChI is InChI=1S/C15H17N3/c1-11-9-16-15(18-11)17-10-13-7-4-6-12-5-2-3-8-14(12)13/h2-8,11H,9-10H2,1H3,(H2,16,17,18). The summed E-state index contributed by atoms with van der Waals surface area (Å²) in [6.45, 7) is 3.80. The van der Waals surface area contributed by atoms with E-state index < -0.39 is 0 Å². The van der Waals surface area contributed by atoms with Crippen molar-refractivity contribution in [2.75, 3.05) is 6.54 Å². The van der Waals surface area contributed by atoms with Crippen molar-refractivity contribution in [3.63, 3.8) is 0 Å². The van der Waals surface area contributed by atoms with Gasteiger partial charge in [-0.1, -0.05) is 42.5 Å². The van der Waals surface area contributed by atoms with Crippen LogP contribution in [0.5, 0.6) is 0 Å². The Morgan fingerprint density at radius 2 is 2.06 bits per heavy atom. The van der Waals surface area contributed by atoms with Gasteiger partial charge in [0, 0.05) is 12.6 Å². The highest BCUT2D eigenvalue weighted by molar-refractivity contribution is 5.86. The molecule has 1 atom stereocenters. The molecule has 0 fully saturated rings. The van der Waals surface area contributed by atoms with Crippen molar-refractivity contribution in [1.29, 1.82) is 0 Å². The Hall–Kier alpha value is -2.03. The first kappa shape index (κ1) is 11.1. The Labute approximate surface area is 107 Å². The third-order valence-electron chi connectivity index (χ3n) is 3.23. The lowest BCUT2D eigenvalue weighted by molar-refractivity contribution is 0.713. The van der Waals surface area contributed by atoms with Crippen molar-refractivity contribution in [1.82, 2.24) is 10.6 Å². The molecular formula is C15H17N3. The number of nitrogens with one attached hydrogen (secondary N) is 2. The van der Waals surface area contributed by atoms with Gasteiger partial charge in [0.2, 0.25) is 0 Å². The Kier molecular flexibility index (Phi) is 2.89. The summed E-state index contributed by atoms with van der Waals surface area (Å²) in [7, 11) is 0. The number of hydrogen-bond donors (Lipinski definition) is 2. The lowest BCUT2D eigenvalue weighted by Gasteiger charge is -2.10. The monoisotopic (exact) mass is 239 g/mol. The van der Waals surface area contributed by atoms with Gasteiger partial charge in [-0.15, -0.1) is 0 Å². The smallest absolute Gasteiger partial charge is 0.191 e. The number of rotatable bonds is 2. The zero-order valence-corrected chi connectivity index (χ0v) is 10.5. The lowest BCUT2D eigenvalue weighted by Crippen LogP contribution is -2.37. The summed E-state index contributed by atoms with van der Waals surface area (Å²) >= 11 is 0. The Bertz CT molecular complexity index is 584. The van der Waals surface area contributed by atoms with E-state index in [-0.39, 0.29) is 0 Å². The summed E-state index contributed by atoms with van der Waals surface area (Å²) in [5, 5.41) is 9.26. The van der Waals surface area contributed by atoms with E-state index in [1.807, 2.05) is 0 Å². The van der Waals surface area contributed by atoms with Gasteiger partial charge in [0.1, 0.15) is 0 Å². The summed E-state index contributed by atoms with van der Waals surface area (Å²) < 4.78 is 0. The normalized spacial score (nSPS) is 18.5. The van der Waals surface area contributed by atoms with Crippen molar-refractivity contribution >= 4 is 16.7 Å². The minimum absolute atomic E-state index is 0.444. The third-order valence-corrected chi connectivity index (χ3v) is 3.23. The quantitative estimate of drug-likeness (QED) is 0.843. The minimum atomic E-state index is 0.444. The van der Waals surface area contributed by atoms with Gasteiger partial charge < -0.3 is 10.6 Å². The molecule has 3 heteroatoms. The zero-order valence-electron chi connectivity index (χ0n) is 10.5. The molecule has 2 aromatic rings. The van der Waals surface area contributed by atoms with E-state index in [1.54, 1.807) is 0 Å². The predicted molar refractivity (Wildman–Crippen MR) is 75.7 cm³/mol. The first-order chi connectivity index (χ1) is 8.83. The molecular weight excluding hydrogens is 222 g/mol. The van der Waals surface area contributed by atoms with Gasteiger partial charge in [0.25, 0.3) is 0 Å². The van der Waals surface area contributed by atoms with Gasteiger partial charge in [0.05, 0.1) is 6.54 Å². The number of nitrogens with zero attached hydrogens (tertiary/aromatic N) is 1. The van der Waals surface area contributed by atoms with Crippen molar-refractivity contribution in [3.05, 3.63) is 48.0 Å². The van der Waals surface area contributed by atoms with E-state index in [9.17, 15) is 0 Å². The largest absolute Gasteiger partial charge is 0.352 e. The molecule has 0 saturated heterocycles. The second-order valence-corrected chi connectivity index (χ2v) is 4.73. The molecule has 0 saturated carbocycles. The Morgan fingerprint density at radius 1 is 1.22 bits per heavy atom. The van der Waals surface area contributed by atoms with E-state index in [2.05, 4.69) is 65.0 Å². The second-order valence-electron chi connectivity index (χ2n) is 4.73. The molecule has 0 bridgehead atoms. The maximum Gasteiger partial charge on any atom is 0.191 e. The fourth-order valence-corrected chi connectivity index (χ4v) is 2.29. The van der Waals surface area contributed by atoms with Gasteiger partial charge in [-0.25, -0.2) is 0 Å². The summed E-state index contributed by atoms with van der Waals surface area (Å²) in [6, 6.07) is 15.3. The SMILES string of the molecule is CC1CN=C(NCc2cccc3ccccc23)N1. The van der Waals surface area contributed by atoms with Crippen LogP contribution >= 0.6 is 0 Å². The van der Waals surface area contributed by atoms with E-state index in [4.69, 9.17) is 0 Å². The van der Waals surface area contributed by atoms with Crippen LogP contribution in [0.3, 0.4) is 0 Å². The van der Waals surface area contributed by atoms with E-state index >= 15 is 0 Å². The van der Waals surface area contributed by atoms with Crippen LogP contribution in [0.25, 0.3) is 10.8 Å². The summed E-state index contributed by atoms with van der Waals surface area (Å²) in [5.74, 6) is 0.912. The van der Waals surface area contributed by atoms with Crippen LogP contribution in [0.2, 0.25) is 0 Å². The second kappa shape index (κ2) is 4.69. The van der Waals surface area contributed by atoms with Gasteiger partial charge in [-0.2, -0.15) is 0 Å². The summed E-state index contributed by atoms with van der Waals surface area (Å²) in [4.78, 5) is 4.41. The average Bonchev–Trinajstić information content (AvgIpc) is 2.82. The summed E-state index contributed by atoms with van der Waals surface area (Å²) in [6.07, 6.45) is 0. The first-order valence-electron chi connectivity index (χ1n) is 6.34. The first-order valence-corrected chi connectivity index (χ1v) is 6.34. The van der Waals surface area contributed by atoms with E-state index in [0.717, 1.165) is 19.0 Å². The van der Waals surface area contributed by atoms with Gasteiger partial charge in [-0.3, -0.25) is 4.99 Å². The summed E-state index contributed by atoms with van der Waals surface area (Å²) in [5.41, 5.74) is 1.30. The fourth-order valence-electron chi connectivity index (χ4n) is 2.29. The third kappa shape index (κ3) is 2.16. The molecule has 0 amide bonds. The molecule has 3 rings (SSSR count). The van der Waals surface area contributed by atoms with Crippen molar-refractivity contribution in [2.24, 2.45) is 4.99 Å². The highest BCUT2D eigenvalue weighted by Crippen LogP contribution is 2.18. The highest BCUT2D eigenvalue weighted by Gasteiger charge is 2.11. The van der Waals surface area contributed by atoms with Crippen LogP contribution < -0.4 is 10.6 Å². The van der Waals surface area contributed by atoms with Crippen LogP contribution in [0.15, 0.2) is 47.5 Å². The molecule has 1 unspecified atom stereocenters. The Morgan fingerprint density at radius 3 is 2.89 bits per heavy atom. The van der Waals surface area contributed by atoms with Crippen LogP contribution in [-0.2, 0) is 6.54 Å². The topological polar surface area (TPSA) is 36.4 Å². The van der Waals surface area contributed by atoms with Gasteiger partial charge in [-0.05, 0) is 23.3 Å². The average molecular weight is 239 g/mol. The zero-order chi connectivity index (χ0) is 12.4. The van der Waals surface area contributed by atoms with Crippen LogP contribution in [0, 0.1) is 0 Å². The molecule has 0 aliphatic carbocycles. The highest BCUT2D eigenvalue weighted by atomic mass is 15.2. The van der Waals surface area contributed by atoms with Crippen molar-refractivity contribution in [2.45, 2.75) is 19.5 Å². The van der Waals surface area contributed by atoms with Crippen LogP contribution in [0.1, 0.15) is 12.5 Å². The number of fused-ring (bicyclic) bond motifs is 1. The maximum absolute atomic E-state index is 4.41. The number of hydrogen-bond acceptors (Lipinski definition) is 3. The molecule has 0 radical (unpaired) electrons. The molecule has 1 aliphatic heterocycles.